The molecule has 4 saturated carbocycles. The van der Waals surface area contributed by atoms with E-state index < -0.39 is 40.5 Å². The maximum absolute atomic E-state index is 11.3. The fourth-order valence-electron chi connectivity index (χ4n) is 18.8. The Bertz CT molecular complexity index is 3740. The first-order chi connectivity index (χ1) is 58.2. The molecule has 0 radical (unpaired) electrons. The van der Waals surface area contributed by atoms with E-state index in [4.69, 9.17) is 0 Å². The molecule has 704 valence electrons. The van der Waals surface area contributed by atoms with Crippen LogP contribution in [-0.4, -0.2) is 74.9 Å². The smallest absolute Gasteiger partial charge is 0.309 e. The summed E-state index contributed by atoms with van der Waals surface area (Å²) < 4.78 is 0. The molecule has 0 atom stereocenters. The van der Waals surface area contributed by atoms with Gasteiger partial charge >= 0.3 is 23.9 Å². The highest BCUT2D eigenvalue weighted by Gasteiger charge is 2.51. The van der Waals surface area contributed by atoms with Crippen LogP contribution in [0.2, 0.25) is 0 Å². The fraction of sp³-hybridized carbons (Fsp3) is 0.745. The van der Waals surface area contributed by atoms with Gasteiger partial charge in [0.25, 0.3) is 0 Å². The highest BCUT2D eigenvalue weighted by Crippen LogP contribution is 2.53. The second-order valence-electron chi connectivity index (χ2n) is 44.5. The van der Waals surface area contributed by atoms with Crippen molar-refractivity contribution >= 4 is 23.9 Å². The third kappa shape index (κ3) is 38.9. The first-order valence-electron chi connectivity index (χ1n) is 49.8. The molecule has 4 aromatic rings. The molecule has 8 rings (SSSR count). The Morgan fingerprint density at radius 3 is 0.734 bits per heavy atom. The van der Waals surface area contributed by atoms with Crippen molar-refractivity contribution in [1.29, 1.82) is 0 Å². The van der Waals surface area contributed by atoms with Gasteiger partial charge in [-0.2, -0.15) is 0 Å². The molecule has 124 heavy (non-hydrogen) atoms. The SMILES string of the molecule is CC(C)(C)CCCCCCc1c(CCCCCCC2(C(=O)O)CC2)cc(O)c(O)c1O.CC(C)(C)CCCCCCc1c(O)cc(O)c(O)c1CCCCCCC1(C(=O)O)CC1.Cc1cc(CCCCCCC(C)(C)C)c(CCCCCCC2(C(=O)O)CC2)c(C)c1C.Cc1cc(CCCCCCC2(C(=O)O)CC2)c(CCCCCCC(C)(C)C)c(C)c1C. The molecule has 14 heteroatoms. The highest BCUT2D eigenvalue weighted by molar-refractivity contribution is 5.79. The van der Waals surface area contributed by atoms with Crippen LogP contribution in [-0.2, 0) is 70.5 Å². The molecule has 0 amide bonds. The van der Waals surface area contributed by atoms with Crippen molar-refractivity contribution in [3.63, 3.8) is 0 Å². The number of aromatic hydroxyl groups is 6. The minimum absolute atomic E-state index is 0.0668. The van der Waals surface area contributed by atoms with E-state index in [0.29, 0.717) is 46.5 Å². The number of carboxylic acids is 4. The Kier molecular flexibility index (Phi) is 45.0. The first kappa shape index (κ1) is 108. The Morgan fingerprint density at radius 2 is 0.468 bits per heavy atom. The molecule has 0 bridgehead atoms. The fourth-order valence-corrected chi connectivity index (χ4v) is 18.8. The number of carboxylic acid groups (broad SMARTS) is 4. The van der Waals surface area contributed by atoms with Gasteiger partial charge in [-0.15, -0.1) is 0 Å². The van der Waals surface area contributed by atoms with E-state index in [1.807, 2.05) is 0 Å². The molecule has 0 unspecified atom stereocenters. The predicted molar refractivity (Wildman–Crippen MR) is 514 cm³/mol. The average molecular weight is 1730 g/mol. The number of aliphatic carboxylic acids is 4. The van der Waals surface area contributed by atoms with Crippen LogP contribution < -0.4 is 0 Å². The third-order valence-corrected chi connectivity index (χ3v) is 28.7. The molecule has 4 aliphatic carbocycles. The van der Waals surface area contributed by atoms with Crippen LogP contribution in [0.25, 0.3) is 0 Å². The lowest BCUT2D eigenvalue weighted by atomic mass is 9.87. The van der Waals surface area contributed by atoms with Gasteiger partial charge in [-0.05, 0) is 336 Å². The first-order valence-corrected chi connectivity index (χ1v) is 49.8. The quantitative estimate of drug-likeness (QED) is 0.0112. The van der Waals surface area contributed by atoms with E-state index in [0.717, 1.165) is 203 Å². The average Bonchev–Trinajstić information content (AvgIpc) is 1.66. The predicted octanol–water partition coefficient (Wildman–Crippen LogP) is 30.4. The van der Waals surface area contributed by atoms with Crippen LogP contribution in [0, 0.1) is 84.9 Å². The number of hydrogen-bond acceptors (Lipinski definition) is 10. The molecule has 0 saturated heterocycles. The van der Waals surface area contributed by atoms with E-state index in [-0.39, 0.29) is 39.6 Å². The standard InChI is InChI=1S/2C29H48O2.2C26H42O5/c1-22-21-25(15-11-7-10-14-18-29(19-20-29)27(30)31)26(24(3)23(22)2)16-12-8-9-13-17-28(4,5)6;1-22-21-25(15-11-7-9-13-17-28(4,5)6)26(24(3)23(22)2)16-12-8-10-14-18-29(19-20-29)27(30)31;1-25(2,3)14-10-6-5-9-13-20-19(18-21(27)23(29)22(20)28)12-8-4-7-11-15-26(16-17-26)24(30)31;1-25(2,3)14-10-6-4-8-12-19-20(23(29)22(28)18-21(19)27)13-9-5-7-11-15-26(16-17-26)24(30)31/h2*21H,7-20H2,1-6H3,(H,30,31);2*18,27-29H,4-17H2,1-3H3,(H,30,31). The van der Waals surface area contributed by atoms with Crippen molar-refractivity contribution in [2.75, 3.05) is 0 Å². The summed E-state index contributed by atoms with van der Waals surface area (Å²) in [6.07, 6.45) is 59.0. The Balaban J connectivity index is 0.000000294. The normalized spacial score (nSPS) is 15.2. The summed E-state index contributed by atoms with van der Waals surface area (Å²) in [5, 5.41) is 98.1. The summed E-state index contributed by atoms with van der Waals surface area (Å²) in [6, 6.07) is 7.74. The molecule has 14 nitrogen and oxygen atoms in total. The zero-order valence-electron chi connectivity index (χ0n) is 82.0. The van der Waals surface area contributed by atoms with E-state index in [1.165, 1.54) is 194 Å². The molecule has 4 aliphatic rings. The summed E-state index contributed by atoms with van der Waals surface area (Å²) in [7, 11) is 0. The number of aryl methyl sites for hydroxylation is 5. The van der Waals surface area contributed by atoms with Crippen LogP contribution in [0.1, 0.15) is 469 Å². The van der Waals surface area contributed by atoms with E-state index in [9.17, 15) is 70.2 Å². The number of carbonyl (C=O) groups is 4. The van der Waals surface area contributed by atoms with Gasteiger partial charge in [-0.25, -0.2) is 0 Å². The molecule has 10 N–H and O–H groups in total. The van der Waals surface area contributed by atoms with E-state index in [1.54, 1.807) is 28.3 Å². The molecule has 0 heterocycles. The molecular weight excluding hydrogens is 1550 g/mol. The number of unbranched alkanes of at least 4 members (excludes halogenated alkanes) is 24. The third-order valence-electron chi connectivity index (χ3n) is 28.7. The maximum atomic E-state index is 11.3. The Hall–Kier alpha value is -6.44. The van der Waals surface area contributed by atoms with Crippen LogP contribution in [0.5, 0.6) is 34.5 Å². The monoisotopic (exact) mass is 1730 g/mol. The molecule has 0 spiro atoms. The van der Waals surface area contributed by atoms with Crippen molar-refractivity contribution in [1.82, 2.24) is 0 Å². The molecule has 0 aliphatic heterocycles. The van der Waals surface area contributed by atoms with Crippen molar-refractivity contribution in [3.8, 4) is 34.5 Å². The largest absolute Gasteiger partial charge is 0.508 e. The van der Waals surface area contributed by atoms with Gasteiger partial charge in [0.05, 0.1) is 21.7 Å². The lowest BCUT2D eigenvalue weighted by molar-refractivity contribution is -0.144. The number of phenols is 6. The molecule has 4 fully saturated rings. The van der Waals surface area contributed by atoms with Gasteiger partial charge in [0, 0.05) is 22.8 Å². The summed E-state index contributed by atoms with van der Waals surface area (Å²) in [4.78, 5) is 45.1. The van der Waals surface area contributed by atoms with E-state index in [2.05, 4.69) is 137 Å². The van der Waals surface area contributed by atoms with E-state index >= 15 is 0 Å². The summed E-state index contributed by atoms with van der Waals surface area (Å²) in [5.74, 6) is -3.61. The summed E-state index contributed by atoms with van der Waals surface area (Å²) >= 11 is 0. The number of hydrogen-bond donors (Lipinski definition) is 10. The second-order valence-corrected chi connectivity index (χ2v) is 44.5. The lowest BCUT2D eigenvalue weighted by Crippen LogP contribution is -2.14. The zero-order valence-corrected chi connectivity index (χ0v) is 82.0. The van der Waals surface area contributed by atoms with Crippen LogP contribution in [0.4, 0.5) is 0 Å². The van der Waals surface area contributed by atoms with Gasteiger partial charge in [0.2, 0.25) is 5.75 Å². The topological polar surface area (TPSA) is 271 Å². The highest BCUT2D eigenvalue weighted by atomic mass is 16.4. The van der Waals surface area contributed by atoms with Gasteiger partial charge < -0.3 is 51.1 Å². The second kappa shape index (κ2) is 51.7. The molecule has 0 aromatic heterocycles. The van der Waals surface area contributed by atoms with Crippen LogP contribution in [0.15, 0.2) is 24.3 Å². The zero-order chi connectivity index (χ0) is 92.3. The Labute approximate surface area is 754 Å². The van der Waals surface area contributed by atoms with Gasteiger partial charge in [-0.1, -0.05) is 249 Å². The number of rotatable bonds is 56. The van der Waals surface area contributed by atoms with Gasteiger partial charge in [-0.3, -0.25) is 19.2 Å². The van der Waals surface area contributed by atoms with Gasteiger partial charge in [0.1, 0.15) is 5.75 Å². The number of benzene rings is 4. The molecule has 4 aromatic carbocycles. The van der Waals surface area contributed by atoms with Crippen molar-refractivity contribution < 1.29 is 70.2 Å². The maximum Gasteiger partial charge on any atom is 0.309 e. The number of phenolic OH excluding ortho intramolecular Hbond substituents is 6. The summed E-state index contributed by atoms with van der Waals surface area (Å²) in [6.45, 7) is 41.3. The minimum atomic E-state index is -0.657. The van der Waals surface area contributed by atoms with Crippen molar-refractivity contribution in [3.05, 3.63) is 102 Å². The van der Waals surface area contributed by atoms with Crippen LogP contribution >= 0.6 is 0 Å². The van der Waals surface area contributed by atoms with Crippen LogP contribution in [0.3, 0.4) is 0 Å². The summed E-state index contributed by atoms with van der Waals surface area (Å²) in [5.41, 5.74) is 18.3. The van der Waals surface area contributed by atoms with Crippen molar-refractivity contribution in [2.45, 2.75) is 484 Å². The lowest BCUT2D eigenvalue weighted by Gasteiger charge is -2.19. The Morgan fingerprint density at radius 1 is 0.242 bits per heavy atom. The van der Waals surface area contributed by atoms with Gasteiger partial charge in [0.15, 0.2) is 23.0 Å². The minimum Gasteiger partial charge on any atom is -0.508 e. The van der Waals surface area contributed by atoms with Crippen molar-refractivity contribution in [2.24, 2.45) is 43.3 Å². The molecular formula is C110H180O14.